The van der Waals surface area contributed by atoms with E-state index < -0.39 is 27.2 Å². The summed E-state index contributed by atoms with van der Waals surface area (Å²) in [6.07, 6.45) is 4.38. The van der Waals surface area contributed by atoms with Gasteiger partial charge < -0.3 is 9.67 Å². The number of thioether (sulfide) groups is 1. The summed E-state index contributed by atoms with van der Waals surface area (Å²) >= 11 is 1.42. The van der Waals surface area contributed by atoms with Crippen molar-refractivity contribution in [3.05, 3.63) is 60.2 Å². The fourth-order valence-corrected chi connectivity index (χ4v) is 4.83. The predicted octanol–water partition coefficient (Wildman–Crippen LogP) is 2.63. The van der Waals surface area contributed by atoms with Crippen molar-refractivity contribution in [2.75, 3.05) is 0 Å². The van der Waals surface area contributed by atoms with E-state index in [0.29, 0.717) is 5.82 Å². The number of aromatic nitrogens is 6. The molecule has 0 fully saturated rings. The third-order valence-electron chi connectivity index (χ3n) is 4.66. The molecular weight excluding hydrogens is 386 g/mol. The van der Waals surface area contributed by atoms with E-state index in [1.54, 1.807) is 17.8 Å². The van der Waals surface area contributed by atoms with Crippen LogP contribution >= 0.6 is 11.8 Å². The lowest BCUT2D eigenvalue weighted by Gasteiger charge is -2.38. The molecule has 2 aromatic heterocycles. The number of rotatable bonds is 7. The minimum absolute atomic E-state index is 0.00170. The number of nitrogens with zero attached hydrogens (tertiary/aromatic N) is 6. The zero-order chi connectivity index (χ0) is 20.5. The van der Waals surface area contributed by atoms with E-state index >= 15 is 0 Å². The van der Waals surface area contributed by atoms with Crippen molar-refractivity contribution in [1.29, 1.82) is 0 Å². The maximum Gasteiger partial charge on any atom is 0.148 e. The van der Waals surface area contributed by atoms with Crippen molar-refractivity contribution in [3.8, 4) is 0 Å². The average Bonchev–Trinajstić information content (AvgIpc) is 3.25. The zero-order valence-corrected chi connectivity index (χ0v) is 16.9. The standard InChI is InChI=1S/C18H22F2N6OS/c1-12(28-17(2,3)16-24-22-11-25(16)4)18(27,8-26-10-21-9-23-26)14-6-5-13(19)7-15(14)20/h5-7,9-12,27H,8H2,1-4H3/t12-,18-/m1/s1. The molecule has 28 heavy (non-hydrogen) atoms. The lowest BCUT2D eigenvalue weighted by atomic mass is 9.90. The number of halogens is 2. The van der Waals surface area contributed by atoms with Crippen molar-refractivity contribution in [1.82, 2.24) is 29.5 Å². The molecule has 0 saturated heterocycles. The van der Waals surface area contributed by atoms with Gasteiger partial charge in [-0.05, 0) is 19.9 Å². The van der Waals surface area contributed by atoms with Gasteiger partial charge in [-0.15, -0.1) is 22.0 Å². The number of hydrogen-bond donors (Lipinski definition) is 1. The highest BCUT2D eigenvalue weighted by atomic mass is 32.2. The maximum atomic E-state index is 14.6. The Morgan fingerprint density at radius 1 is 1.25 bits per heavy atom. The molecular formula is C18H22F2N6OS. The van der Waals surface area contributed by atoms with Crippen LogP contribution in [0, 0.1) is 11.6 Å². The highest BCUT2D eigenvalue weighted by molar-refractivity contribution is 8.00. The van der Waals surface area contributed by atoms with E-state index in [1.165, 1.54) is 35.2 Å². The topological polar surface area (TPSA) is 81.6 Å². The Labute approximate surface area is 165 Å². The first-order valence-corrected chi connectivity index (χ1v) is 9.54. The molecule has 0 unspecified atom stereocenters. The Hall–Kier alpha value is -2.33. The van der Waals surface area contributed by atoms with Crippen LogP contribution in [0.3, 0.4) is 0 Å². The van der Waals surface area contributed by atoms with Crippen molar-refractivity contribution >= 4 is 11.8 Å². The van der Waals surface area contributed by atoms with E-state index in [-0.39, 0.29) is 12.1 Å². The summed E-state index contributed by atoms with van der Waals surface area (Å²) in [6.45, 7) is 5.66. The SMILES string of the molecule is C[C@@H](SC(C)(C)c1nncn1C)[C@](O)(Cn1cncn1)c1ccc(F)cc1F. The Kier molecular flexibility index (Phi) is 5.53. The van der Waals surface area contributed by atoms with Crippen molar-refractivity contribution in [3.63, 3.8) is 0 Å². The van der Waals surface area contributed by atoms with E-state index in [2.05, 4.69) is 20.3 Å². The van der Waals surface area contributed by atoms with E-state index in [1.807, 2.05) is 20.9 Å². The molecule has 2 atom stereocenters. The Balaban J connectivity index is 1.99. The highest BCUT2D eigenvalue weighted by Crippen LogP contribution is 2.44. The van der Waals surface area contributed by atoms with Gasteiger partial charge in [-0.2, -0.15) is 5.10 Å². The van der Waals surface area contributed by atoms with Crippen LogP contribution in [0.2, 0.25) is 0 Å². The van der Waals surface area contributed by atoms with Gasteiger partial charge in [0.15, 0.2) is 0 Å². The Bertz CT molecular complexity index is 945. The molecule has 0 aliphatic heterocycles. The van der Waals surface area contributed by atoms with Gasteiger partial charge in [-0.1, -0.05) is 13.0 Å². The van der Waals surface area contributed by atoms with Gasteiger partial charge in [0.25, 0.3) is 0 Å². The number of aryl methyl sites for hydroxylation is 1. The van der Waals surface area contributed by atoms with Crippen LogP contribution in [0.5, 0.6) is 0 Å². The Morgan fingerprint density at radius 3 is 2.57 bits per heavy atom. The molecule has 1 aromatic carbocycles. The molecule has 0 bridgehead atoms. The molecule has 150 valence electrons. The average molecular weight is 408 g/mol. The summed E-state index contributed by atoms with van der Waals surface area (Å²) in [5.74, 6) is -0.803. The molecule has 0 spiro atoms. The third-order valence-corrected chi connectivity index (χ3v) is 6.18. The molecule has 10 heteroatoms. The van der Waals surface area contributed by atoms with E-state index in [9.17, 15) is 13.9 Å². The van der Waals surface area contributed by atoms with Gasteiger partial charge in [0.1, 0.15) is 42.0 Å². The van der Waals surface area contributed by atoms with E-state index in [0.717, 1.165) is 12.1 Å². The van der Waals surface area contributed by atoms with Crippen molar-refractivity contribution < 1.29 is 13.9 Å². The molecule has 3 rings (SSSR count). The normalized spacial score (nSPS) is 15.4. The monoisotopic (exact) mass is 408 g/mol. The van der Waals surface area contributed by atoms with Gasteiger partial charge in [-0.3, -0.25) is 0 Å². The van der Waals surface area contributed by atoms with Gasteiger partial charge in [0.2, 0.25) is 0 Å². The van der Waals surface area contributed by atoms with Crippen molar-refractivity contribution in [2.24, 2.45) is 7.05 Å². The number of aliphatic hydroxyl groups is 1. The van der Waals surface area contributed by atoms with Gasteiger partial charge >= 0.3 is 0 Å². The minimum atomic E-state index is -1.67. The minimum Gasteiger partial charge on any atom is -0.382 e. The molecule has 0 amide bonds. The van der Waals surface area contributed by atoms with Gasteiger partial charge in [0.05, 0.1) is 11.3 Å². The maximum absolute atomic E-state index is 14.6. The first-order chi connectivity index (χ1) is 13.1. The summed E-state index contributed by atoms with van der Waals surface area (Å²) in [5.41, 5.74) is -1.68. The molecule has 0 aliphatic rings. The first-order valence-electron chi connectivity index (χ1n) is 8.66. The van der Waals surface area contributed by atoms with Crippen LogP contribution in [0.15, 0.2) is 37.2 Å². The summed E-state index contributed by atoms with van der Waals surface area (Å²) in [7, 11) is 1.84. The highest BCUT2D eigenvalue weighted by Gasteiger charge is 2.43. The molecule has 0 saturated carbocycles. The van der Waals surface area contributed by atoms with Crippen LogP contribution in [-0.2, 0) is 23.9 Å². The predicted molar refractivity (Wildman–Crippen MR) is 101 cm³/mol. The molecule has 0 radical (unpaired) electrons. The quantitative estimate of drug-likeness (QED) is 0.647. The molecule has 0 aliphatic carbocycles. The molecule has 2 heterocycles. The second kappa shape index (κ2) is 7.59. The largest absolute Gasteiger partial charge is 0.382 e. The first kappa shape index (κ1) is 20.4. The fraction of sp³-hybridized carbons (Fsp3) is 0.444. The van der Waals surface area contributed by atoms with Crippen molar-refractivity contribution in [2.45, 2.75) is 42.9 Å². The smallest absolute Gasteiger partial charge is 0.148 e. The fourth-order valence-electron chi connectivity index (χ4n) is 3.26. The second-order valence-corrected chi connectivity index (χ2v) is 9.14. The molecule has 7 nitrogen and oxygen atoms in total. The van der Waals surface area contributed by atoms with Crippen LogP contribution in [0.25, 0.3) is 0 Å². The van der Waals surface area contributed by atoms with Crippen LogP contribution in [0.1, 0.15) is 32.2 Å². The summed E-state index contributed by atoms with van der Waals surface area (Å²) < 4.78 is 30.8. The summed E-state index contributed by atoms with van der Waals surface area (Å²) in [5, 5.41) is 23.2. The zero-order valence-electron chi connectivity index (χ0n) is 16.0. The lowest BCUT2D eigenvalue weighted by Crippen LogP contribution is -2.43. The van der Waals surface area contributed by atoms with Crippen LogP contribution < -0.4 is 0 Å². The van der Waals surface area contributed by atoms with Crippen LogP contribution in [-0.4, -0.2) is 39.9 Å². The van der Waals surface area contributed by atoms with E-state index in [4.69, 9.17) is 0 Å². The molecule has 3 aromatic rings. The van der Waals surface area contributed by atoms with Gasteiger partial charge in [-0.25, -0.2) is 18.4 Å². The van der Waals surface area contributed by atoms with Crippen LogP contribution in [0.4, 0.5) is 8.78 Å². The lowest BCUT2D eigenvalue weighted by molar-refractivity contribution is 0.0130. The Morgan fingerprint density at radius 2 is 2.00 bits per heavy atom. The third kappa shape index (κ3) is 3.93. The second-order valence-electron chi connectivity index (χ2n) is 7.18. The number of hydrogen-bond acceptors (Lipinski definition) is 6. The summed E-state index contributed by atoms with van der Waals surface area (Å²) in [4.78, 5) is 3.88. The van der Waals surface area contributed by atoms with Gasteiger partial charge in [0, 0.05) is 23.9 Å². The summed E-state index contributed by atoms with van der Waals surface area (Å²) in [6, 6.07) is 3.18. The molecule has 1 N–H and O–H groups in total. The number of benzene rings is 1.